The molecule has 5 nitrogen and oxygen atoms in total. The Bertz CT molecular complexity index is 524. The van der Waals surface area contributed by atoms with Crippen LogP contribution in [0, 0.1) is 0 Å². The van der Waals surface area contributed by atoms with Gasteiger partial charge in [0.05, 0.1) is 29.3 Å². The quantitative estimate of drug-likeness (QED) is 0.723. The number of hydrogen-bond donors (Lipinski definition) is 3. The molecule has 0 aliphatic carbocycles. The first-order valence-electron chi connectivity index (χ1n) is 4.97. The molecule has 0 spiro atoms. The Morgan fingerprint density at radius 3 is 3.00 bits per heavy atom. The second kappa shape index (κ2) is 4.88. The van der Waals surface area contributed by atoms with Crippen LogP contribution in [-0.4, -0.2) is 15.9 Å². The number of nitrogens with two attached hydrogens (primary N) is 1. The van der Waals surface area contributed by atoms with Crippen LogP contribution in [0.25, 0.3) is 0 Å². The summed E-state index contributed by atoms with van der Waals surface area (Å²) in [6.45, 7) is 0.390. The van der Waals surface area contributed by atoms with Crippen molar-refractivity contribution >= 4 is 23.2 Å². The van der Waals surface area contributed by atoms with Crippen molar-refractivity contribution in [3.8, 4) is 0 Å². The first-order valence-corrected chi connectivity index (χ1v) is 5.35. The standard InChI is InChI=1S/C11H11ClN4O/c12-9-3-7(1-2-10(9)13)11(17)15-5-8-4-14-6-16-8/h1-4,6H,5,13H2,(H,14,16)(H,15,17). The lowest BCUT2D eigenvalue weighted by Crippen LogP contribution is -2.22. The fraction of sp³-hybridized carbons (Fsp3) is 0.0909. The number of nitrogens with one attached hydrogen (secondary N) is 2. The maximum absolute atomic E-state index is 11.8. The Labute approximate surface area is 103 Å². The van der Waals surface area contributed by atoms with Crippen LogP contribution >= 0.6 is 11.6 Å². The van der Waals surface area contributed by atoms with Gasteiger partial charge in [0.1, 0.15) is 0 Å². The number of nitrogens with zero attached hydrogens (tertiary/aromatic N) is 1. The average molecular weight is 251 g/mol. The number of anilines is 1. The Balaban J connectivity index is 2.02. The van der Waals surface area contributed by atoms with Gasteiger partial charge in [-0.1, -0.05) is 11.6 Å². The van der Waals surface area contributed by atoms with E-state index in [9.17, 15) is 4.79 Å². The van der Waals surface area contributed by atoms with Crippen molar-refractivity contribution in [3.63, 3.8) is 0 Å². The minimum absolute atomic E-state index is 0.207. The van der Waals surface area contributed by atoms with Crippen LogP contribution in [-0.2, 0) is 6.54 Å². The van der Waals surface area contributed by atoms with Crippen LogP contribution < -0.4 is 11.1 Å². The number of benzene rings is 1. The van der Waals surface area contributed by atoms with E-state index in [0.717, 1.165) is 5.69 Å². The van der Waals surface area contributed by atoms with Crippen molar-refractivity contribution in [1.29, 1.82) is 0 Å². The SMILES string of the molecule is Nc1ccc(C(=O)NCc2cnc[nH]2)cc1Cl. The number of hydrogen-bond acceptors (Lipinski definition) is 3. The monoisotopic (exact) mass is 250 g/mol. The molecule has 6 heteroatoms. The predicted octanol–water partition coefficient (Wildman–Crippen LogP) is 1.58. The third-order valence-electron chi connectivity index (χ3n) is 2.26. The predicted molar refractivity (Wildman–Crippen MR) is 65.6 cm³/mol. The highest BCUT2D eigenvalue weighted by Gasteiger charge is 2.07. The van der Waals surface area contributed by atoms with Crippen molar-refractivity contribution in [2.24, 2.45) is 0 Å². The second-order valence-corrected chi connectivity index (χ2v) is 3.90. The van der Waals surface area contributed by atoms with E-state index in [-0.39, 0.29) is 5.91 Å². The van der Waals surface area contributed by atoms with Gasteiger partial charge in [-0.2, -0.15) is 0 Å². The summed E-state index contributed by atoms with van der Waals surface area (Å²) in [4.78, 5) is 18.5. The lowest BCUT2D eigenvalue weighted by molar-refractivity contribution is 0.0950. The van der Waals surface area contributed by atoms with Crippen LogP contribution in [0.4, 0.5) is 5.69 Å². The average Bonchev–Trinajstić information content (AvgIpc) is 2.82. The molecule has 0 aliphatic heterocycles. The molecule has 2 rings (SSSR count). The van der Waals surface area contributed by atoms with E-state index < -0.39 is 0 Å². The number of carbonyl (C=O) groups excluding carboxylic acids is 1. The van der Waals surface area contributed by atoms with Gasteiger partial charge in [-0.05, 0) is 18.2 Å². The number of aromatic nitrogens is 2. The summed E-state index contributed by atoms with van der Waals surface area (Å²) in [5.41, 5.74) is 7.33. The van der Waals surface area contributed by atoms with E-state index in [1.807, 2.05) is 0 Å². The molecule has 0 saturated heterocycles. The molecule has 0 atom stereocenters. The van der Waals surface area contributed by atoms with Crippen molar-refractivity contribution < 1.29 is 4.79 Å². The molecule has 0 saturated carbocycles. The van der Waals surface area contributed by atoms with E-state index in [1.165, 1.54) is 0 Å². The summed E-state index contributed by atoms with van der Waals surface area (Å²) in [6, 6.07) is 4.77. The third-order valence-corrected chi connectivity index (χ3v) is 2.58. The van der Waals surface area contributed by atoms with Gasteiger partial charge in [0.25, 0.3) is 5.91 Å². The molecule has 17 heavy (non-hydrogen) atoms. The maximum Gasteiger partial charge on any atom is 0.251 e. The van der Waals surface area contributed by atoms with Crippen LogP contribution in [0.3, 0.4) is 0 Å². The number of aromatic amines is 1. The topological polar surface area (TPSA) is 83.8 Å². The zero-order valence-corrected chi connectivity index (χ0v) is 9.66. The van der Waals surface area contributed by atoms with Gasteiger partial charge in [-0.15, -0.1) is 0 Å². The second-order valence-electron chi connectivity index (χ2n) is 3.50. The minimum Gasteiger partial charge on any atom is -0.398 e. The van der Waals surface area contributed by atoms with Crippen molar-refractivity contribution in [1.82, 2.24) is 15.3 Å². The van der Waals surface area contributed by atoms with E-state index in [1.54, 1.807) is 30.7 Å². The van der Waals surface area contributed by atoms with Crippen LogP contribution in [0.2, 0.25) is 5.02 Å². The molecule has 0 aliphatic rings. The Morgan fingerprint density at radius 1 is 1.53 bits per heavy atom. The number of halogens is 1. The van der Waals surface area contributed by atoms with Crippen LogP contribution in [0.5, 0.6) is 0 Å². The highest BCUT2D eigenvalue weighted by atomic mass is 35.5. The summed E-state index contributed by atoms with van der Waals surface area (Å²) in [5, 5.41) is 3.11. The highest BCUT2D eigenvalue weighted by molar-refractivity contribution is 6.33. The van der Waals surface area contributed by atoms with Crippen molar-refractivity contribution in [2.75, 3.05) is 5.73 Å². The van der Waals surface area contributed by atoms with E-state index in [0.29, 0.717) is 22.8 Å². The molecular formula is C11H11ClN4O. The minimum atomic E-state index is -0.207. The van der Waals surface area contributed by atoms with Gasteiger partial charge in [0.15, 0.2) is 0 Å². The molecule has 1 amide bonds. The van der Waals surface area contributed by atoms with Gasteiger partial charge < -0.3 is 16.0 Å². The van der Waals surface area contributed by atoms with E-state index in [2.05, 4.69) is 15.3 Å². The van der Waals surface area contributed by atoms with Crippen LogP contribution in [0.1, 0.15) is 16.1 Å². The number of carbonyl (C=O) groups is 1. The first-order chi connectivity index (χ1) is 8.16. The molecular weight excluding hydrogens is 240 g/mol. The third kappa shape index (κ3) is 2.76. The fourth-order valence-corrected chi connectivity index (χ4v) is 1.51. The van der Waals surface area contributed by atoms with Gasteiger partial charge >= 0.3 is 0 Å². The smallest absolute Gasteiger partial charge is 0.251 e. The molecule has 0 bridgehead atoms. The normalized spacial score (nSPS) is 10.2. The fourth-order valence-electron chi connectivity index (χ4n) is 1.33. The number of imidazole rings is 1. The number of H-pyrrole nitrogens is 1. The van der Waals surface area contributed by atoms with E-state index in [4.69, 9.17) is 17.3 Å². The largest absolute Gasteiger partial charge is 0.398 e. The Hall–Kier alpha value is -2.01. The highest BCUT2D eigenvalue weighted by Crippen LogP contribution is 2.19. The van der Waals surface area contributed by atoms with Gasteiger partial charge in [0, 0.05) is 11.8 Å². The van der Waals surface area contributed by atoms with Crippen molar-refractivity contribution in [3.05, 3.63) is 47.0 Å². The summed E-state index contributed by atoms with van der Waals surface area (Å²) in [6.07, 6.45) is 3.21. The summed E-state index contributed by atoms with van der Waals surface area (Å²) in [5.74, 6) is -0.207. The molecule has 1 aromatic heterocycles. The lowest BCUT2D eigenvalue weighted by atomic mass is 10.2. The Kier molecular flexibility index (Phi) is 3.30. The van der Waals surface area contributed by atoms with Crippen LogP contribution in [0.15, 0.2) is 30.7 Å². The first kappa shape index (κ1) is 11.5. The molecule has 88 valence electrons. The molecule has 4 N–H and O–H groups in total. The summed E-state index contributed by atoms with van der Waals surface area (Å²) < 4.78 is 0. The summed E-state index contributed by atoms with van der Waals surface area (Å²) in [7, 11) is 0. The summed E-state index contributed by atoms with van der Waals surface area (Å²) >= 11 is 5.84. The molecule has 1 heterocycles. The molecule has 0 radical (unpaired) electrons. The van der Waals surface area contributed by atoms with Gasteiger partial charge in [-0.25, -0.2) is 4.98 Å². The van der Waals surface area contributed by atoms with Crippen molar-refractivity contribution in [2.45, 2.75) is 6.54 Å². The maximum atomic E-state index is 11.8. The molecule has 0 fully saturated rings. The molecule has 2 aromatic rings. The molecule has 0 unspecified atom stereocenters. The van der Waals surface area contributed by atoms with Gasteiger partial charge in [0.2, 0.25) is 0 Å². The zero-order chi connectivity index (χ0) is 12.3. The lowest BCUT2D eigenvalue weighted by Gasteiger charge is -2.05. The number of rotatable bonds is 3. The number of nitrogen functional groups attached to an aromatic ring is 1. The number of amides is 1. The van der Waals surface area contributed by atoms with Gasteiger partial charge in [-0.3, -0.25) is 4.79 Å². The molecule has 1 aromatic carbocycles. The van der Waals surface area contributed by atoms with E-state index >= 15 is 0 Å². The zero-order valence-electron chi connectivity index (χ0n) is 8.90. The Morgan fingerprint density at radius 2 is 2.35 bits per heavy atom.